The van der Waals surface area contributed by atoms with Gasteiger partial charge in [-0.05, 0) is 12.8 Å². The van der Waals surface area contributed by atoms with Gasteiger partial charge in [0.15, 0.2) is 0 Å². The van der Waals surface area contributed by atoms with E-state index in [4.69, 9.17) is 16.3 Å². The molecule has 1 aliphatic rings. The predicted molar refractivity (Wildman–Crippen MR) is 61.2 cm³/mol. The second-order valence-corrected chi connectivity index (χ2v) is 3.99. The van der Waals surface area contributed by atoms with Gasteiger partial charge in [0.2, 0.25) is 11.0 Å². The van der Waals surface area contributed by atoms with Gasteiger partial charge in [0.1, 0.15) is 6.33 Å². The summed E-state index contributed by atoms with van der Waals surface area (Å²) in [6.07, 6.45) is 3.22. The Morgan fingerprint density at radius 1 is 1.65 bits per heavy atom. The largest absolute Gasteiger partial charge is 0.376 e. The number of hydrogen-bond donors (Lipinski definition) is 1. The Hall–Kier alpha value is -1.47. The average Bonchev–Trinajstić information content (AvgIpc) is 2.78. The molecule has 0 amide bonds. The fourth-order valence-electron chi connectivity index (χ4n) is 1.66. The van der Waals surface area contributed by atoms with Gasteiger partial charge in [0.05, 0.1) is 11.0 Å². The predicted octanol–water partition coefficient (Wildman–Crippen LogP) is 1.63. The topological polar surface area (TPSA) is 90.2 Å². The molecule has 0 aromatic carbocycles. The number of rotatable bonds is 4. The maximum Gasteiger partial charge on any atom is 0.348 e. The van der Waals surface area contributed by atoms with Crippen molar-refractivity contribution < 1.29 is 9.66 Å². The molecule has 1 aromatic rings. The zero-order valence-corrected chi connectivity index (χ0v) is 9.68. The second kappa shape index (κ2) is 5.24. The summed E-state index contributed by atoms with van der Waals surface area (Å²) in [5, 5.41) is 13.5. The lowest BCUT2D eigenvalue weighted by molar-refractivity contribution is -0.384. The molecular weight excluding hydrogens is 248 g/mol. The van der Waals surface area contributed by atoms with Crippen molar-refractivity contribution in [1.29, 1.82) is 0 Å². The Morgan fingerprint density at radius 3 is 3.12 bits per heavy atom. The fraction of sp³-hybridized carbons (Fsp3) is 0.556. The number of aromatic nitrogens is 2. The Kier molecular flexibility index (Phi) is 3.70. The molecule has 0 unspecified atom stereocenters. The first kappa shape index (κ1) is 12.0. The van der Waals surface area contributed by atoms with E-state index in [9.17, 15) is 10.1 Å². The average molecular weight is 259 g/mol. The summed E-state index contributed by atoms with van der Waals surface area (Å²) in [5.74, 6) is 0.130. The van der Waals surface area contributed by atoms with E-state index in [2.05, 4.69) is 15.3 Å². The quantitative estimate of drug-likeness (QED) is 0.501. The first-order chi connectivity index (χ1) is 8.18. The van der Waals surface area contributed by atoms with Crippen LogP contribution in [0.4, 0.5) is 11.5 Å². The van der Waals surface area contributed by atoms with Crippen LogP contribution in [0.1, 0.15) is 12.8 Å². The van der Waals surface area contributed by atoms with Gasteiger partial charge >= 0.3 is 5.69 Å². The summed E-state index contributed by atoms with van der Waals surface area (Å²) in [6, 6.07) is 0. The summed E-state index contributed by atoms with van der Waals surface area (Å²) < 4.78 is 5.40. The third-order valence-corrected chi connectivity index (χ3v) is 2.76. The van der Waals surface area contributed by atoms with Gasteiger partial charge in [-0.25, -0.2) is 9.97 Å². The molecular formula is C9H11ClN4O3. The van der Waals surface area contributed by atoms with Crippen molar-refractivity contribution >= 4 is 23.1 Å². The zero-order valence-electron chi connectivity index (χ0n) is 8.93. The van der Waals surface area contributed by atoms with Crippen LogP contribution >= 0.6 is 11.6 Å². The molecule has 8 heteroatoms. The summed E-state index contributed by atoms with van der Waals surface area (Å²) >= 11 is 5.66. The van der Waals surface area contributed by atoms with E-state index in [0.29, 0.717) is 6.54 Å². The van der Waals surface area contributed by atoms with E-state index in [1.807, 2.05) is 0 Å². The van der Waals surface area contributed by atoms with Gasteiger partial charge < -0.3 is 10.1 Å². The van der Waals surface area contributed by atoms with E-state index >= 15 is 0 Å². The highest BCUT2D eigenvalue weighted by Gasteiger charge is 2.23. The van der Waals surface area contributed by atoms with Crippen molar-refractivity contribution in [3.63, 3.8) is 0 Å². The van der Waals surface area contributed by atoms with Crippen molar-refractivity contribution in [2.75, 3.05) is 18.5 Å². The van der Waals surface area contributed by atoms with E-state index < -0.39 is 4.92 Å². The summed E-state index contributed by atoms with van der Waals surface area (Å²) in [7, 11) is 0. The summed E-state index contributed by atoms with van der Waals surface area (Å²) in [6.45, 7) is 1.22. The van der Waals surface area contributed by atoms with E-state index in [0.717, 1.165) is 19.4 Å². The van der Waals surface area contributed by atoms with Crippen LogP contribution in [-0.4, -0.2) is 34.1 Å². The number of hydrogen-bond acceptors (Lipinski definition) is 6. The lowest BCUT2D eigenvalue weighted by Crippen LogP contribution is -2.19. The molecule has 1 fully saturated rings. The highest BCUT2D eigenvalue weighted by Crippen LogP contribution is 2.28. The van der Waals surface area contributed by atoms with Crippen molar-refractivity contribution in [1.82, 2.24) is 9.97 Å². The zero-order chi connectivity index (χ0) is 12.3. The van der Waals surface area contributed by atoms with Crippen LogP contribution in [-0.2, 0) is 4.74 Å². The molecule has 0 bridgehead atoms. The monoisotopic (exact) mass is 258 g/mol. The lowest BCUT2D eigenvalue weighted by Gasteiger charge is -2.11. The SMILES string of the molecule is O=[N+]([O-])c1c(Cl)ncnc1NC[C@H]1CCCO1. The van der Waals surface area contributed by atoms with Gasteiger partial charge in [-0.3, -0.25) is 10.1 Å². The maximum absolute atomic E-state index is 10.8. The molecule has 1 saturated heterocycles. The Balaban J connectivity index is 2.09. The minimum atomic E-state index is -0.597. The van der Waals surface area contributed by atoms with E-state index in [1.165, 1.54) is 6.33 Å². The van der Waals surface area contributed by atoms with E-state index in [1.54, 1.807) is 0 Å². The Labute approximate surface area is 102 Å². The number of nitrogens with one attached hydrogen (secondary N) is 1. The Morgan fingerprint density at radius 2 is 2.47 bits per heavy atom. The summed E-state index contributed by atoms with van der Waals surface area (Å²) in [5.41, 5.74) is -0.299. The van der Waals surface area contributed by atoms with Crippen LogP contribution < -0.4 is 5.32 Å². The molecule has 1 aliphatic heterocycles. The molecule has 17 heavy (non-hydrogen) atoms. The first-order valence-electron chi connectivity index (χ1n) is 5.19. The van der Waals surface area contributed by atoms with Crippen molar-refractivity contribution in [2.45, 2.75) is 18.9 Å². The Bertz CT molecular complexity index is 423. The number of anilines is 1. The van der Waals surface area contributed by atoms with Crippen LogP contribution in [0.2, 0.25) is 5.15 Å². The lowest BCUT2D eigenvalue weighted by atomic mass is 10.2. The number of nitro groups is 1. The molecule has 0 aliphatic carbocycles. The van der Waals surface area contributed by atoms with Gasteiger partial charge in [0, 0.05) is 13.2 Å². The molecule has 7 nitrogen and oxygen atoms in total. The highest BCUT2D eigenvalue weighted by molar-refractivity contribution is 6.31. The van der Waals surface area contributed by atoms with Crippen LogP contribution in [0.5, 0.6) is 0 Å². The van der Waals surface area contributed by atoms with Gasteiger partial charge in [-0.2, -0.15) is 0 Å². The number of halogens is 1. The number of nitrogens with zero attached hydrogens (tertiary/aromatic N) is 3. The van der Waals surface area contributed by atoms with Gasteiger partial charge in [0.25, 0.3) is 0 Å². The van der Waals surface area contributed by atoms with Crippen LogP contribution in [0.25, 0.3) is 0 Å². The smallest absolute Gasteiger partial charge is 0.348 e. The molecule has 0 radical (unpaired) electrons. The maximum atomic E-state index is 10.8. The standard InChI is InChI=1S/C9H11ClN4O3/c10-8-7(14(15)16)9(13-5-12-8)11-4-6-2-1-3-17-6/h5-6H,1-4H2,(H,11,12,13)/t6-/m1/s1. The minimum absolute atomic E-state index is 0.0725. The molecule has 2 heterocycles. The molecule has 0 spiro atoms. The van der Waals surface area contributed by atoms with Crippen LogP contribution in [0.15, 0.2) is 6.33 Å². The third-order valence-electron chi connectivity index (χ3n) is 2.48. The molecule has 1 atom stereocenters. The highest BCUT2D eigenvalue weighted by atomic mass is 35.5. The molecule has 2 rings (SSSR count). The van der Waals surface area contributed by atoms with Crippen molar-refractivity contribution in [2.24, 2.45) is 0 Å². The first-order valence-corrected chi connectivity index (χ1v) is 5.56. The third kappa shape index (κ3) is 2.80. The minimum Gasteiger partial charge on any atom is -0.376 e. The molecule has 92 valence electrons. The fourth-order valence-corrected chi connectivity index (χ4v) is 1.87. The van der Waals surface area contributed by atoms with Crippen LogP contribution in [0.3, 0.4) is 0 Å². The van der Waals surface area contributed by atoms with Crippen LogP contribution in [0, 0.1) is 10.1 Å². The molecule has 0 saturated carbocycles. The van der Waals surface area contributed by atoms with E-state index in [-0.39, 0.29) is 22.8 Å². The summed E-state index contributed by atoms with van der Waals surface area (Å²) in [4.78, 5) is 17.6. The second-order valence-electron chi connectivity index (χ2n) is 3.63. The molecule has 1 N–H and O–H groups in total. The number of ether oxygens (including phenoxy) is 1. The normalized spacial score (nSPS) is 19.2. The molecule has 1 aromatic heterocycles. The van der Waals surface area contributed by atoms with Gasteiger partial charge in [-0.15, -0.1) is 0 Å². The van der Waals surface area contributed by atoms with Crippen molar-refractivity contribution in [3.8, 4) is 0 Å². The van der Waals surface area contributed by atoms with Crippen molar-refractivity contribution in [3.05, 3.63) is 21.6 Å². The van der Waals surface area contributed by atoms with Gasteiger partial charge in [-0.1, -0.05) is 11.6 Å².